The summed E-state index contributed by atoms with van der Waals surface area (Å²) >= 11 is 2.17. The molecule has 0 bridgehead atoms. The fraction of sp³-hybridized carbons (Fsp3) is 0.222. The summed E-state index contributed by atoms with van der Waals surface area (Å²) in [6.07, 6.45) is 0.491. The number of carbonyl (C=O) groups is 2. The molecule has 2 rings (SSSR count). The molecule has 0 radical (unpaired) electrons. The Balaban J connectivity index is 1.97. The van der Waals surface area contributed by atoms with Crippen LogP contribution in [0.2, 0.25) is 0 Å². The van der Waals surface area contributed by atoms with E-state index in [1.54, 1.807) is 30.3 Å². The molecule has 2 N–H and O–H groups in total. The summed E-state index contributed by atoms with van der Waals surface area (Å²) in [7, 11) is 0. The summed E-state index contributed by atoms with van der Waals surface area (Å²) in [6, 6.07) is 14.5. The van der Waals surface area contributed by atoms with Crippen LogP contribution in [-0.2, 0) is 4.79 Å². The molecule has 0 aromatic heterocycles. The Morgan fingerprint density at radius 3 is 2.17 bits per heavy atom. The first kappa shape index (κ1) is 17.5. The molecule has 0 fully saturated rings. The third-order valence-corrected chi connectivity index (χ3v) is 3.78. The molecule has 2 amide bonds. The first-order valence-electron chi connectivity index (χ1n) is 7.41. The first-order valence-corrected chi connectivity index (χ1v) is 8.49. The van der Waals surface area contributed by atoms with Crippen LogP contribution < -0.4 is 10.6 Å². The van der Waals surface area contributed by atoms with Crippen molar-refractivity contribution in [1.82, 2.24) is 0 Å². The molecule has 0 saturated heterocycles. The summed E-state index contributed by atoms with van der Waals surface area (Å²) in [5.74, 6) is 0.165. The Labute approximate surface area is 149 Å². The van der Waals surface area contributed by atoms with Gasteiger partial charge in [-0.1, -0.05) is 19.9 Å². The third kappa shape index (κ3) is 5.67. The van der Waals surface area contributed by atoms with Crippen molar-refractivity contribution in [2.75, 3.05) is 10.6 Å². The van der Waals surface area contributed by atoms with Gasteiger partial charge in [0.2, 0.25) is 5.91 Å². The predicted molar refractivity (Wildman–Crippen MR) is 102 cm³/mol. The molecule has 0 aliphatic heterocycles. The molecule has 0 spiro atoms. The van der Waals surface area contributed by atoms with Gasteiger partial charge in [0, 0.05) is 26.9 Å². The van der Waals surface area contributed by atoms with Crippen molar-refractivity contribution >= 4 is 45.8 Å². The van der Waals surface area contributed by atoms with Gasteiger partial charge >= 0.3 is 0 Å². The molecule has 0 aliphatic rings. The number of rotatable bonds is 5. The zero-order chi connectivity index (χ0) is 16.8. The number of carbonyl (C=O) groups excluding carboxylic acids is 2. The fourth-order valence-electron chi connectivity index (χ4n) is 2.05. The van der Waals surface area contributed by atoms with E-state index in [1.807, 2.05) is 32.0 Å². The van der Waals surface area contributed by atoms with Crippen molar-refractivity contribution < 1.29 is 9.59 Å². The van der Waals surface area contributed by atoms with Gasteiger partial charge in [-0.15, -0.1) is 0 Å². The van der Waals surface area contributed by atoms with Gasteiger partial charge in [-0.3, -0.25) is 9.59 Å². The van der Waals surface area contributed by atoms with E-state index in [-0.39, 0.29) is 11.8 Å². The molecule has 5 heteroatoms. The second kappa shape index (κ2) is 8.10. The van der Waals surface area contributed by atoms with Gasteiger partial charge in [0.05, 0.1) is 0 Å². The van der Waals surface area contributed by atoms with Crippen molar-refractivity contribution in [2.24, 2.45) is 5.92 Å². The summed E-state index contributed by atoms with van der Waals surface area (Å²) in [5.41, 5.74) is 2.03. The van der Waals surface area contributed by atoms with E-state index < -0.39 is 0 Å². The van der Waals surface area contributed by atoms with Crippen LogP contribution in [0.25, 0.3) is 0 Å². The lowest BCUT2D eigenvalue weighted by Gasteiger charge is -2.09. The minimum atomic E-state index is -0.153. The summed E-state index contributed by atoms with van der Waals surface area (Å²) in [5, 5.41) is 5.68. The molecular weight excluding hydrogens is 403 g/mol. The Morgan fingerprint density at radius 1 is 1.00 bits per heavy atom. The van der Waals surface area contributed by atoms with Gasteiger partial charge in [0.25, 0.3) is 5.91 Å². The van der Waals surface area contributed by atoms with Crippen LogP contribution in [0.5, 0.6) is 0 Å². The normalized spacial score (nSPS) is 10.4. The van der Waals surface area contributed by atoms with Gasteiger partial charge in [-0.2, -0.15) is 0 Å². The van der Waals surface area contributed by atoms with Crippen molar-refractivity contribution in [3.8, 4) is 0 Å². The fourth-order valence-corrected chi connectivity index (χ4v) is 2.60. The molecule has 2 aromatic carbocycles. The molecule has 120 valence electrons. The topological polar surface area (TPSA) is 58.2 Å². The maximum absolute atomic E-state index is 12.2. The lowest BCUT2D eigenvalue weighted by molar-refractivity contribution is -0.116. The largest absolute Gasteiger partial charge is 0.326 e. The number of hydrogen-bond donors (Lipinski definition) is 2. The highest BCUT2D eigenvalue weighted by molar-refractivity contribution is 14.1. The number of halogens is 1. The number of amides is 2. The minimum absolute atomic E-state index is 0.00403. The van der Waals surface area contributed by atoms with E-state index in [9.17, 15) is 9.59 Å². The number of nitrogens with one attached hydrogen (secondary N) is 2. The zero-order valence-corrected chi connectivity index (χ0v) is 15.3. The van der Waals surface area contributed by atoms with Crippen LogP contribution in [0.1, 0.15) is 30.6 Å². The molecular formula is C18H19IN2O2. The van der Waals surface area contributed by atoms with E-state index in [1.165, 1.54) is 0 Å². The van der Waals surface area contributed by atoms with Gasteiger partial charge in [-0.25, -0.2) is 0 Å². The van der Waals surface area contributed by atoms with Crippen LogP contribution >= 0.6 is 22.6 Å². The molecule has 0 unspecified atom stereocenters. The van der Waals surface area contributed by atoms with Crippen molar-refractivity contribution in [3.05, 3.63) is 57.7 Å². The molecule has 23 heavy (non-hydrogen) atoms. The standard InChI is InChI=1S/C18H19IN2O2/c1-12(2)10-17(22)20-15-6-8-16(9-7-15)21-18(23)13-4-3-5-14(19)11-13/h3-9,11-12H,10H2,1-2H3,(H,20,22)(H,21,23). The Morgan fingerprint density at radius 2 is 1.61 bits per heavy atom. The zero-order valence-electron chi connectivity index (χ0n) is 13.1. The quantitative estimate of drug-likeness (QED) is 0.696. The average molecular weight is 422 g/mol. The van der Waals surface area contributed by atoms with Gasteiger partial charge in [-0.05, 0) is 71.0 Å². The molecule has 0 heterocycles. The Kier molecular flexibility index (Phi) is 6.15. The molecule has 4 nitrogen and oxygen atoms in total. The molecule has 2 aromatic rings. The minimum Gasteiger partial charge on any atom is -0.326 e. The van der Waals surface area contributed by atoms with Crippen LogP contribution in [-0.4, -0.2) is 11.8 Å². The second-order valence-corrected chi connectivity index (χ2v) is 6.93. The first-order chi connectivity index (χ1) is 10.9. The molecule has 0 atom stereocenters. The van der Waals surface area contributed by atoms with Crippen molar-refractivity contribution in [3.63, 3.8) is 0 Å². The lowest BCUT2D eigenvalue weighted by Crippen LogP contribution is -2.14. The SMILES string of the molecule is CC(C)CC(=O)Nc1ccc(NC(=O)c2cccc(I)c2)cc1. The number of benzene rings is 2. The Bertz CT molecular complexity index is 696. The van der Waals surface area contributed by atoms with Crippen LogP contribution in [0.4, 0.5) is 11.4 Å². The average Bonchev–Trinajstić information content (AvgIpc) is 2.48. The second-order valence-electron chi connectivity index (χ2n) is 5.69. The summed E-state index contributed by atoms with van der Waals surface area (Å²) in [6.45, 7) is 4.01. The lowest BCUT2D eigenvalue weighted by atomic mass is 10.1. The highest BCUT2D eigenvalue weighted by Gasteiger charge is 2.08. The van der Waals surface area contributed by atoms with Crippen LogP contribution in [0.3, 0.4) is 0 Å². The number of anilines is 2. The molecule has 0 saturated carbocycles. The summed E-state index contributed by atoms with van der Waals surface area (Å²) < 4.78 is 1.01. The van der Waals surface area contributed by atoms with Gasteiger partial charge in [0.15, 0.2) is 0 Å². The van der Waals surface area contributed by atoms with Crippen LogP contribution in [0, 0.1) is 9.49 Å². The van der Waals surface area contributed by atoms with E-state index in [4.69, 9.17) is 0 Å². The predicted octanol–water partition coefficient (Wildman–Crippen LogP) is 4.53. The highest BCUT2D eigenvalue weighted by atomic mass is 127. The van der Waals surface area contributed by atoms with Crippen molar-refractivity contribution in [1.29, 1.82) is 0 Å². The summed E-state index contributed by atoms with van der Waals surface area (Å²) in [4.78, 5) is 23.9. The maximum atomic E-state index is 12.2. The number of hydrogen-bond acceptors (Lipinski definition) is 2. The highest BCUT2D eigenvalue weighted by Crippen LogP contribution is 2.16. The smallest absolute Gasteiger partial charge is 0.255 e. The van der Waals surface area contributed by atoms with E-state index in [2.05, 4.69) is 33.2 Å². The van der Waals surface area contributed by atoms with Gasteiger partial charge < -0.3 is 10.6 Å². The van der Waals surface area contributed by atoms with E-state index >= 15 is 0 Å². The molecule has 0 aliphatic carbocycles. The monoisotopic (exact) mass is 422 g/mol. The maximum Gasteiger partial charge on any atom is 0.255 e. The van der Waals surface area contributed by atoms with Gasteiger partial charge in [0.1, 0.15) is 0 Å². The third-order valence-electron chi connectivity index (χ3n) is 3.11. The van der Waals surface area contributed by atoms with Crippen LogP contribution in [0.15, 0.2) is 48.5 Å². The van der Waals surface area contributed by atoms with E-state index in [0.29, 0.717) is 23.6 Å². The van der Waals surface area contributed by atoms with Crippen molar-refractivity contribution in [2.45, 2.75) is 20.3 Å². The Hall–Kier alpha value is -1.89. The van der Waals surface area contributed by atoms with E-state index in [0.717, 1.165) is 9.26 Å².